The largest absolute Gasteiger partial charge is 0.339 e. The van der Waals surface area contributed by atoms with Gasteiger partial charge in [0, 0.05) is 36.5 Å². The lowest BCUT2D eigenvalue weighted by Crippen LogP contribution is -2.12. The van der Waals surface area contributed by atoms with Gasteiger partial charge < -0.3 is 9.84 Å². The molecule has 0 aliphatic carbocycles. The van der Waals surface area contributed by atoms with E-state index in [2.05, 4.69) is 20.4 Å². The van der Waals surface area contributed by atoms with Gasteiger partial charge in [-0.15, -0.1) is 0 Å². The molecule has 0 aliphatic heterocycles. The average Bonchev–Trinajstić information content (AvgIpc) is 3.06. The van der Waals surface area contributed by atoms with E-state index < -0.39 is 0 Å². The zero-order valence-corrected chi connectivity index (χ0v) is 13.0. The lowest BCUT2D eigenvalue weighted by molar-refractivity contribution is -0.116. The maximum atomic E-state index is 13.2. The van der Waals surface area contributed by atoms with Crippen molar-refractivity contribution in [2.75, 3.05) is 5.32 Å². The summed E-state index contributed by atoms with van der Waals surface area (Å²) < 4.78 is 18.3. The molecule has 1 N–H and O–H groups in total. The van der Waals surface area contributed by atoms with Gasteiger partial charge in [0.15, 0.2) is 0 Å². The Bertz CT molecular complexity index is 849. The van der Waals surface area contributed by atoms with Crippen LogP contribution in [0.3, 0.4) is 0 Å². The van der Waals surface area contributed by atoms with Crippen LogP contribution < -0.4 is 5.32 Å². The second kappa shape index (κ2) is 6.99. The number of amides is 1. The molecule has 1 aromatic carbocycles. The van der Waals surface area contributed by atoms with Crippen molar-refractivity contribution >= 4 is 11.6 Å². The highest BCUT2D eigenvalue weighted by molar-refractivity contribution is 5.90. The predicted molar refractivity (Wildman–Crippen MR) is 85.6 cm³/mol. The Kier molecular flexibility index (Phi) is 4.60. The molecular formula is C17H15FN4O2. The van der Waals surface area contributed by atoms with E-state index in [1.807, 2.05) is 6.07 Å². The van der Waals surface area contributed by atoms with Crippen LogP contribution in [0.25, 0.3) is 11.4 Å². The third-order valence-corrected chi connectivity index (χ3v) is 3.40. The minimum atomic E-state index is -0.304. The van der Waals surface area contributed by atoms with Gasteiger partial charge >= 0.3 is 0 Å². The van der Waals surface area contributed by atoms with E-state index in [4.69, 9.17) is 4.52 Å². The van der Waals surface area contributed by atoms with Crippen molar-refractivity contribution < 1.29 is 13.7 Å². The third-order valence-electron chi connectivity index (χ3n) is 3.40. The molecule has 6 nitrogen and oxygen atoms in total. The topological polar surface area (TPSA) is 80.9 Å². The molecule has 7 heteroatoms. The van der Waals surface area contributed by atoms with Gasteiger partial charge in [-0.25, -0.2) is 4.39 Å². The molecule has 0 bridgehead atoms. The minimum absolute atomic E-state index is 0.186. The summed E-state index contributed by atoms with van der Waals surface area (Å²) in [5.41, 5.74) is 1.78. The van der Waals surface area contributed by atoms with Crippen LogP contribution in [0.1, 0.15) is 17.9 Å². The van der Waals surface area contributed by atoms with Gasteiger partial charge in [0.25, 0.3) is 0 Å². The fraction of sp³-hybridized carbons (Fsp3) is 0.176. The first kappa shape index (κ1) is 15.8. The maximum absolute atomic E-state index is 13.2. The highest BCUT2D eigenvalue weighted by Crippen LogP contribution is 2.16. The van der Waals surface area contributed by atoms with Gasteiger partial charge in [-0.3, -0.25) is 9.78 Å². The number of pyridine rings is 1. The summed E-state index contributed by atoms with van der Waals surface area (Å²) in [5.74, 6) is 0.302. The zero-order chi connectivity index (χ0) is 16.9. The van der Waals surface area contributed by atoms with Gasteiger partial charge in [0.05, 0.1) is 0 Å². The molecule has 24 heavy (non-hydrogen) atoms. The number of aromatic nitrogens is 3. The molecule has 1 amide bonds. The summed E-state index contributed by atoms with van der Waals surface area (Å²) in [5, 5.41) is 6.58. The second-order valence-corrected chi connectivity index (χ2v) is 5.27. The maximum Gasteiger partial charge on any atom is 0.227 e. The molecule has 0 radical (unpaired) electrons. The van der Waals surface area contributed by atoms with Crippen LogP contribution in [-0.2, 0) is 11.2 Å². The fourth-order valence-corrected chi connectivity index (χ4v) is 2.14. The van der Waals surface area contributed by atoms with Gasteiger partial charge in [0.1, 0.15) is 5.82 Å². The Labute approximate surface area is 137 Å². The average molecular weight is 326 g/mol. The molecule has 0 spiro atoms. The van der Waals surface area contributed by atoms with Crippen LogP contribution in [0, 0.1) is 12.7 Å². The number of rotatable bonds is 5. The third kappa shape index (κ3) is 3.81. The van der Waals surface area contributed by atoms with Crippen LogP contribution in [-0.4, -0.2) is 21.0 Å². The summed E-state index contributed by atoms with van der Waals surface area (Å²) in [6.45, 7) is 1.64. The van der Waals surface area contributed by atoms with Gasteiger partial charge in [-0.1, -0.05) is 5.16 Å². The summed E-state index contributed by atoms with van der Waals surface area (Å²) in [6, 6.07) is 8.03. The van der Waals surface area contributed by atoms with E-state index in [0.29, 0.717) is 29.4 Å². The van der Waals surface area contributed by atoms with Crippen molar-refractivity contribution in [3.63, 3.8) is 0 Å². The SMILES string of the molecule is Cc1cc(NC(=O)CCc2nc(-c3cccnc3)no2)ccc1F. The molecule has 2 aromatic heterocycles. The number of nitrogens with zero attached hydrogens (tertiary/aromatic N) is 3. The standard InChI is InChI=1S/C17H15FN4O2/c1-11-9-13(4-5-14(11)18)20-15(23)6-7-16-21-17(22-24-16)12-3-2-8-19-10-12/h2-5,8-10H,6-7H2,1H3,(H,20,23). The van der Waals surface area contributed by atoms with Crippen molar-refractivity contribution in [1.29, 1.82) is 0 Å². The van der Waals surface area contributed by atoms with Crippen molar-refractivity contribution in [3.05, 3.63) is 60.0 Å². The van der Waals surface area contributed by atoms with Crippen molar-refractivity contribution in [3.8, 4) is 11.4 Å². The molecule has 0 aliphatic rings. The summed E-state index contributed by atoms with van der Waals surface area (Å²) in [6.07, 6.45) is 3.80. The number of benzene rings is 1. The quantitative estimate of drug-likeness (QED) is 0.779. The Hall–Kier alpha value is -3.09. The first-order valence-electron chi connectivity index (χ1n) is 7.41. The smallest absolute Gasteiger partial charge is 0.227 e. The molecule has 3 aromatic rings. The van der Waals surface area contributed by atoms with Crippen LogP contribution >= 0.6 is 0 Å². The highest BCUT2D eigenvalue weighted by atomic mass is 19.1. The first-order valence-corrected chi connectivity index (χ1v) is 7.41. The fourth-order valence-electron chi connectivity index (χ4n) is 2.14. The van der Waals surface area contributed by atoms with Gasteiger partial charge in [-0.05, 0) is 42.8 Å². The van der Waals surface area contributed by atoms with Crippen LogP contribution in [0.4, 0.5) is 10.1 Å². The predicted octanol–water partition coefficient (Wildman–Crippen LogP) is 3.15. The summed E-state index contributed by atoms with van der Waals surface area (Å²) in [4.78, 5) is 20.2. The zero-order valence-electron chi connectivity index (χ0n) is 13.0. The molecule has 0 unspecified atom stereocenters. The van der Waals surface area contributed by atoms with E-state index in [-0.39, 0.29) is 18.1 Å². The van der Waals surface area contributed by atoms with Gasteiger partial charge in [-0.2, -0.15) is 4.98 Å². The van der Waals surface area contributed by atoms with Crippen LogP contribution in [0.15, 0.2) is 47.2 Å². The Morgan fingerprint density at radius 2 is 2.21 bits per heavy atom. The number of hydrogen-bond acceptors (Lipinski definition) is 5. The summed E-state index contributed by atoms with van der Waals surface area (Å²) in [7, 11) is 0. The summed E-state index contributed by atoms with van der Waals surface area (Å²) >= 11 is 0. The number of carbonyl (C=O) groups is 1. The van der Waals surface area contributed by atoms with Gasteiger partial charge in [0.2, 0.25) is 17.6 Å². The van der Waals surface area contributed by atoms with E-state index in [1.165, 1.54) is 12.1 Å². The normalized spacial score (nSPS) is 10.6. The molecular weight excluding hydrogens is 311 g/mol. The number of halogens is 1. The molecule has 3 rings (SSSR count). The van der Waals surface area contributed by atoms with Crippen molar-refractivity contribution in [2.45, 2.75) is 19.8 Å². The van der Waals surface area contributed by atoms with E-state index in [0.717, 1.165) is 5.56 Å². The molecule has 2 heterocycles. The van der Waals surface area contributed by atoms with Crippen molar-refractivity contribution in [2.24, 2.45) is 0 Å². The molecule has 0 saturated carbocycles. The highest BCUT2D eigenvalue weighted by Gasteiger charge is 2.11. The first-order chi connectivity index (χ1) is 11.6. The number of nitrogens with one attached hydrogen (secondary N) is 1. The molecule has 0 atom stereocenters. The number of hydrogen-bond donors (Lipinski definition) is 1. The van der Waals surface area contributed by atoms with E-state index in [1.54, 1.807) is 31.5 Å². The lowest BCUT2D eigenvalue weighted by atomic mass is 10.2. The number of carbonyl (C=O) groups excluding carboxylic acids is 1. The Balaban J connectivity index is 1.56. The molecule has 0 saturated heterocycles. The molecule has 0 fully saturated rings. The Morgan fingerprint density at radius 1 is 1.33 bits per heavy atom. The van der Waals surface area contributed by atoms with Crippen LogP contribution in [0.2, 0.25) is 0 Å². The lowest BCUT2D eigenvalue weighted by Gasteiger charge is -2.05. The van der Waals surface area contributed by atoms with Crippen molar-refractivity contribution in [1.82, 2.24) is 15.1 Å². The Morgan fingerprint density at radius 3 is 2.96 bits per heavy atom. The minimum Gasteiger partial charge on any atom is -0.339 e. The van der Waals surface area contributed by atoms with E-state index >= 15 is 0 Å². The number of anilines is 1. The second-order valence-electron chi connectivity index (χ2n) is 5.27. The van der Waals surface area contributed by atoms with Crippen LogP contribution in [0.5, 0.6) is 0 Å². The molecule has 122 valence electrons. The van der Waals surface area contributed by atoms with E-state index in [9.17, 15) is 9.18 Å². The number of aryl methyl sites for hydroxylation is 2. The monoisotopic (exact) mass is 326 g/mol.